The molecule has 0 saturated heterocycles. The standard InChI is InChI=1S/C25H45N7O6/c1-14(2)19(26)23(35)31-18(7-6-12-29-24(28)36)22(34)30-17-10-8-16(9-11-17)13-38-25(37)32(5)20(15(3)4)21(27)33/h8,10,14-20H,6-7,9,11-13,26H2,1-5H3,(H2,27,33)(H,30,34)(H,31,35)(H3,28,29,36)/t16?,17?,18?,19-,20?/m1/s1. The van der Waals surface area contributed by atoms with Gasteiger partial charge >= 0.3 is 12.1 Å². The lowest BCUT2D eigenvalue weighted by atomic mass is 9.93. The van der Waals surface area contributed by atoms with Crippen LogP contribution in [0.5, 0.6) is 0 Å². The van der Waals surface area contributed by atoms with Crippen LogP contribution in [0.15, 0.2) is 12.2 Å². The molecular formula is C25H45N7O6. The lowest BCUT2D eigenvalue weighted by Crippen LogP contribution is -2.54. The highest BCUT2D eigenvalue weighted by Gasteiger charge is 2.30. The lowest BCUT2D eigenvalue weighted by molar-refractivity contribution is -0.130. The fraction of sp³-hybridized carbons (Fsp3) is 0.720. The maximum atomic E-state index is 13.0. The molecule has 6 amide bonds. The summed E-state index contributed by atoms with van der Waals surface area (Å²) in [5.41, 5.74) is 16.4. The first-order chi connectivity index (χ1) is 17.7. The maximum absolute atomic E-state index is 13.0. The Morgan fingerprint density at radius 1 is 1.00 bits per heavy atom. The van der Waals surface area contributed by atoms with Crippen molar-refractivity contribution in [2.75, 3.05) is 20.2 Å². The van der Waals surface area contributed by atoms with Crippen LogP contribution in [-0.2, 0) is 19.1 Å². The number of likely N-dealkylation sites (N-methyl/N-ethyl adjacent to an activating group) is 1. The molecule has 0 heterocycles. The van der Waals surface area contributed by atoms with E-state index >= 15 is 0 Å². The molecule has 216 valence electrons. The smallest absolute Gasteiger partial charge is 0.410 e. The number of primary amides is 2. The highest BCUT2D eigenvalue weighted by Crippen LogP contribution is 2.19. The minimum absolute atomic E-state index is 0.0500. The first kappa shape index (κ1) is 32.7. The summed E-state index contributed by atoms with van der Waals surface area (Å²) in [6.07, 6.45) is 5.04. The highest BCUT2D eigenvalue weighted by atomic mass is 16.6. The fourth-order valence-corrected chi connectivity index (χ4v) is 4.14. The van der Waals surface area contributed by atoms with E-state index in [1.807, 2.05) is 26.0 Å². The van der Waals surface area contributed by atoms with E-state index in [-0.39, 0.29) is 49.3 Å². The number of rotatable bonds is 14. The molecule has 1 aliphatic rings. The third kappa shape index (κ3) is 11.0. The zero-order chi connectivity index (χ0) is 29.0. The Labute approximate surface area is 224 Å². The summed E-state index contributed by atoms with van der Waals surface area (Å²) in [5, 5.41) is 8.10. The minimum atomic E-state index is -0.830. The highest BCUT2D eigenvalue weighted by molar-refractivity contribution is 5.90. The number of hydrogen-bond acceptors (Lipinski definition) is 7. The van der Waals surface area contributed by atoms with Gasteiger partial charge in [-0.25, -0.2) is 9.59 Å². The van der Waals surface area contributed by atoms with E-state index in [9.17, 15) is 24.0 Å². The molecule has 0 fully saturated rings. The van der Waals surface area contributed by atoms with Gasteiger partial charge in [0.15, 0.2) is 0 Å². The van der Waals surface area contributed by atoms with Gasteiger partial charge < -0.3 is 37.9 Å². The monoisotopic (exact) mass is 539 g/mol. The Morgan fingerprint density at radius 3 is 2.16 bits per heavy atom. The van der Waals surface area contributed by atoms with Crippen LogP contribution in [0.2, 0.25) is 0 Å². The van der Waals surface area contributed by atoms with Gasteiger partial charge in [0.1, 0.15) is 12.1 Å². The molecule has 0 saturated carbocycles. The Kier molecular flexibility index (Phi) is 13.6. The fourth-order valence-electron chi connectivity index (χ4n) is 4.14. The number of urea groups is 1. The third-order valence-electron chi connectivity index (χ3n) is 6.46. The molecule has 9 N–H and O–H groups in total. The van der Waals surface area contributed by atoms with E-state index in [0.717, 1.165) is 0 Å². The molecule has 5 atom stereocenters. The summed E-state index contributed by atoms with van der Waals surface area (Å²) in [6, 6.07) is -3.28. The number of ether oxygens (including phenoxy) is 1. The zero-order valence-electron chi connectivity index (χ0n) is 23.1. The summed E-state index contributed by atoms with van der Waals surface area (Å²) in [5.74, 6) is -1.69. The predicted octanol–water partition coefficient (Wildman–Crippen LogP) is -0.0677. The van der Waals surface area contributed by atoms with Crippen molar-refractivity contribution in [1.29, 1.82) is 0 Å². The Morgan fingerprint density at radius 2 is 1.66 bits per heavy atom. The van der Waals surface area contributed by atoms with Crippen LogP contribution in [0.25, 0.3) is 0 Å². The topological polar surface area (TPSA) is 212 Å². The first-order valence-electron chi connectivity index (χ1n) is 13.0. The molecular weight excluding hydrogens is 494 g/mol. The number of amides is 6. The molecule has 0 aromatic heterocycles. The average molecular weight is 540 g/mol. The number of nitrogens with one attached hydrogen (secondary N) is 3. The van der Waals surface area contributed by atoms with E-state index in [1.165, 1.54) is 11.9 Å². The van der Waals surface area contributed by atoms with E-state index in [0.29, 0.717) is 19.3 Å². The SMILES string of the molecule is CC(C)C(C(N)=O)N(C)C(=O)OCC1C=CC(NC(=O)C(CCCNC(N)=O)NC(=O)[C@H](N)C(C)C)CC1. The second-order valence-electron chi connectivity index (χ2n) is 10.4. The van der Waals surface area contributed by atoms with Crippen molar-refractivity contribution in [3.8, 4) is 0 Å². The van der Waals surface area contributed by atoms with E-state index in [4.69, 9.17) is 21.9 Å². The molecule has 13 nitrogen and oxygen atoms in total. The predicted molar refractivity (Wildman–Crippen MR) is 142 cm³/mol. The summed E-state index contributed by atoms with van der Waals surface area (Å²) >= 11 is 0. The summed E-state index contributed by atoms with van der Waals surface area (Å²) < 4.78 is 5.38. The summed E-state index contributed by atoms with van der Waals surface area (Å²) in [4.78, 5) is 61.6. The maximum Gasteiger partial charge on any atom is 0.410 e. The minimum Gasteiger partial charge on any atom is -0.449 e. The van der Waals surface area contributed by atoms with Crippen LogP contribution in [0.3, 0.4) is 0 Å². The largest absolute Gasteiger partial charge is 0.449 e. The van der Waals surface area contributed by atoms with Crippen molar-refractivity contribution >= 4 is 29.8 Å². The Balaban J connectivity index is 2.67. The first-order valence-corrected chi connectivity index (χ1v) is 13.0. The average Bonchev–Trinajstić information content (AvgIpc) is 2.83. The molecule has 13 heteroatoms. The molecule has 0 spiro atoms. The van der Waals surface area contributed by atoms with E-state index < -0.39 is 42.1 Å². The number of carbonyl (C=O) groups excluding carboxylic acids is 5. The third-order valence-corrected chi connectivity index (χ3v) is 6.46. The van der Waals surface area contributed by atoms with E-state index in [2.05, 4.69) is 16.0 Å². The molecule has 0 aromatic carbocycles. The Hall–Kier alpha value is -3.35. The molecule has 1 rings (SSSR count). The second kappa shape index (κ2) is 15.8. The van der Waals surface area contributed by atoms with Crippen LogP contribution in [0.4, 0.5) is 9.59 Å². The van der Waals surface area contributed by atoms with Crippen LogP contribution in [-0.4, -0.2) is 79.1 Å². The molecule has 0 radical (unpaired) electrons. The number of nitrogens with zero attached hydrogens (tertiary/aromatic N) is 1. The van der Waals surface area contributed by atoms with Gasteiger partial charge in [0.2, 0.25) is 17.7 Å². The van der Waals surface area contributed by atoms with Gasteiger partial charge in [0.05, 0.1) is 12.6 Å². The molecule has 1 aliphatic carbocycles. The lowest BCUT2D eigenvalue weighted by Gasteiger charge is -2.29. The van der Waals surface area contributed by atoms with Crippen molar-refractivity contribution in [3.05, 3.63) is 12.2 Å². The molecule has 38 heavy (non-hydrogen) atoms. The number of hydrogen-bond donors (Lipinski definition) is 6. The number of nitrogens with two attached hydrogens (primary N) is 3. The van der Waals surface area contributed by atoms with Gasteiger partial charge in [-0.3, -0.25) is 19.3 Å². The normalized spacial score (nSPS) is 19.3. The Bertz CT molecular complexity index is 863. The molecule has 0 aliphatic heterocycles. The van der Waals surface area contributed by atoms with Crippen LogP contribution in [0, 0.1) is 17.8 Å². The van der Waals surface area contributed by atoms with Crippen molar-refractivity contribution in [3.63, 3.8) is 0 Å². The van der Waals surface area contributed by atoms with Crippen molar-refractivity contribution < 1.29 is 28.7 Å². The second-order valence-corrected chi connectivity index (χ2v) is 10.4. The van der Waals surface area contributed by atoms with Crippen molar-refractivity contribution in [1.82, 2.24) is 20.9 Å². The van der Waals surface area contributed by atoms with E-state index in [1.54, 1.807) is 13.8 Å². The molecule has 0 aromatic rings. The van der Waals surface area contributed by atoms with Gasteiger partial charge in [-0.2, -0.15) is 0 Å². The van der Waals surface area contributed by atoms with Gasteiger partial charge in [0.25, 0.3) is 0 Å². The summed E-state index contributed by atoms with van der Waals surface area (Å²) in [6.45, 7) is 7.61. The van der Waals surface area contributed by atoms with Gasteiger partial charge in [0, 0.05) is 25.6 Å². The molecule has 0 bridgehead atoms. The van der Waals surface area contributed by atoms with Gasteiger partial charge in [-0.1, -0.05) is 39.8 Å². The van der Waals surface area contributed by atoms with Crippen molar-refractivity contribution in [2.45, 2.75) is 77.5 Å². The van der Waals surface area contributed by atoms with Crippen molar-refractivity contribution in [2.24, 2.45) is 35.0 Å². The quantitative estimate of drug-likeness (QED) is 0.130. The van der Waals surface area contributed by atoms with Gasteiger partial charge in [-0.15, -0.1) is 0 Å². The number of carbonyl (C=O) groups is 5. The summed E-state index contributed by atoms with van der Waals surface area (Å²) in [7, 11) is 1.48. The molecule has 4 unspecified atom stereocenters. The zero-order valence-corrected chi connectivity index (χ0v) is 23.1. The van der Waals surface area contributed by atoms with Crippen LogP contribution in [0.1, 0.15) is 53.4 Å². The van der Waals surface area contributed by atoms with Crippen LogP contribution < -0.4 is 33.2 Å². The van der Waals surface area contributed by atoms with Crippen LogP contribution >= 0.6 is 0 Å². The van der Waals surface area contributed by atoms with Gasteiger partial charge in [-0.05, 0) is 37.5 Å².